The number of methoxy groups -OCH3 is 1. The Bertz CT molecular complexity index is 560. The molecule has 2 N–H and O–H groups in total. The lowest BCUT2D eigenvalue weighted by Gasteiger charge is -2.17. The summed E-state index contributed by atoms with van der Waals surface area (Å²) in [6.45, 7) is 0.345. The van der Waals surface area contributed by atoms with E-state index in [1.54, 1.807) is 13.2 Å². The van der Waals surface area contributed by atoms with E-state index in [-0.39, 0.29) is 12.1 Å². The molecule has 0 spiro atoms. The minimum absolute atomic E-state index is 0.262. The van der Waals surface area contributed by atoms with Gasteiger partial charge in [-0.2, -0.15) is 0 Å². The number of thiophene rings is 1. The Morgan fingerprint density at radius 2 is 2.15 bits per heavy atom. The van der Waals surface area contributed by atoms with Crippen molar-refractivity contribution < 1.29 is 9.53 Å². The second-order valence-corrected chi connectivity index (χ2v) is 5.41. The van der Waals surface area contributed by atoms with E-state index in [2.05, 4.69) is 10.6 Å². The molecule has 2 aromatic rings. The molecule has 0 aliphatic rings. The molecular weight excluding hydrogens is 296 g/mol. The molecule has 1 aromatic carbocycles. The highest BCUT2D eigenvalue weighted by Gasteiger charge is 2.14. The van der Waals surface area contributed by atoms with E-state index in [0.717, 1.165) is 10.6 Å². The lowest BCUT2D eigenvalue weighted by Crippen LogP contribution is -2.32. The lowest BCUT2D eigenvalue weighted by atomic mass is 10.1. The van der Waals surface area contributed by atoms with Gasteiger partial charge in [-0.25, -0.2) is 4.79 Å². The zero-order valence-corrected chi connectivity index (χ0v) is 12.5. The quantitative estimate of drug-likeness (QED) is 0.879. The second-order valence-electron chi connectivity index (χ2n) is 4.06. The molecule has 0 saturated heterocycles. The molecule has 0 fully saturated rings. The van der Waals surface area contributed by atoms with Crippen LogP contribution >= 0.6 is 22.9 Å². The average Bonchev–Trinajstić information content (AvgIpc) is 2.94. The summed E-state index contributed by atoms with van der Waals surface area (Å²) in [5.41, 5.74) is 0.855. The van der Waals surface area contributed by atoms with E-state index in [1.807, 2.05) is 35.7 Å². The highest BCUT2D eigenvalue weighted by molar-refractivity contribution is 7.14. The number of amides is 2. The number of ether oxygens (including phenoxy) is 1. The van der Waals surface area contributed by atoms with Gasteiger partial charge in [-0.3, -0.25) is 5.32 Å². The van der Waals surface area contributed by atoms with Crippen molar-refractivity contribution in [3.8, 4) is 0 Å². The van der Waals surface area contributed by atoms with Crippen LogP contribution in [-0.4, -0.2) is 19.7 Å². The van der Waals surface area contributed by atoms with Gasteiger partial charge in [0.25, 0.3) is 0 Å². The maximum Gasteiger partial charge on any atom is 0.319 e. The largest absolute Gasteiger partial charge is 0.375 e. The van der Waals surface area contributed by atoms with Crippen LogP contribution in [0.2, 0.25) is 5.02 Å². The zero-order chi connectivity index (χ0) is 14.4. The molecule has 0 saturated carbocycles. The Morgan fingerprint density at radius 1 is 1.35 bits per heavy atom. The van der Waals surface area contributed by atoms with Gasteiger partial charge < -0.3 is 10.1 Å². The van der Waals surface area contributed by atoms with Crippen LogP contribution in [0.4, 0.5) is 9.80 Å². The van der Waals surface area contributed by atoms with Gasteiger partial charge in [0.15, 0.2) is 0 Å². The molecule has 0 aliphatic carbocycles. The first-order valence-corrected chi connectivity index (χ1v) is 7.32. The van der Waals surface area contributed by atoms with Crippen molar-refractivity contribution in [2.24, 2.45) is 0 Å². The summed E-state index contributed by atoms with van der Waals surface area (Å²) in [6.07, 6.45) is -0.280. The van der Waals surface area contributed by atoms with Crippen molar-refractivity contribution in [1.82, 2.24) is 5.32 Å². The fraction of sp³-hybridized carbons (Fsp3) is 0.214. The summed E-state index contributed by atoms with van der Waals surface area (Å²) in [5.74, 6) is 0. The number of benzene rings is 1. The molecule has 0 radical (unpaired) electrons. The third-order valence-electron chi connectivity index (χ3n) is 2.74. The third-order valence-corrected chi connectivity index (χ3v) is 3.87. The van der Waals surface area contributed by atoms with E-state index in [1.165, 1.54) is 11.3 Å². The van der Waals surface area contributed by atoms with Crippen LogP contribution in [0.5, 0.6) is 0 Å². The molecule has 2 rings (SSSR count). The number of urea groups is 1. The van der Waals surface area contributed by atoms with E-state index >= 15 is 0 Å². The van der Waals surface area contributed by atoms with E-state index in [9.17, 15) is 4.79 Å². The second kappa shape index (κ2) is 7.28. The molecular formula is C14H15ClN2O2S. The normalized spacial score (nSPS) is 11.9. The van der Waals surface area contributed by atoms with Crippen LogP contribution in [-0.2, 0) is 4.74 Å². The SMILES string of the molecule is CO[C@@H](CNC(=O)Nc1cccs1)c1ccccc1Cl. The first-order chi connectivity index (χ1) is 9.70. The van der Waals surface area contributed by atoms with Gasteiger partial charge >= 0.3 is 6.03 Å². The van der Waals surface area contributed by atoms with Crippen LogP contribution in [0.3, 0.4) is 0 Å². The number of hydrogen-bond acceptors (Lipinski definition) is 3. The number of anilines is 1. The average molecular weight is 311 g/mol. The Balaban J connectivity index is 1.91. The molecule has 106 valence electrons. The zero-order valence-electron chi connectivity index (χ0n) is 10.9. The number of rotatable bonds is 5. The van der Waals surface area contributed by atoms with Crippen molar-refractivity contribution in [2.45, 2.75) is 6.10 Å². The van der Waals surface area contributed by atoms with Crippen LogP contribution in [0, 0.1) is 0 Å². The summed E-state index contributed by atoms with van der Waals surface area (Å²) >= 11 is 7.59. The predicted octanol–water partition coefficient (Wildman–Crippen LogP) is 3.91. The molecule has 1 atom stereocenters. The Kier molecular flexibility index (Phi) is 5.40. The van der Waals surface area contributed by atoms with E-state index in [0.29, 0.717) is 11.6 Å². The maximum atomic E-state index is 11.7. The Morgan fingerprint density at radius 3 is 2.80 bits per heavy atom. The van der Waals surface area contributed by atoms with Gasteiger partial charge in [0, 0.05) is 24.2 Å². The first kappa shape index (κ1) is 14.8. The van der Waals surface area contributed by atoms with Gasteiger partial charge in [0.05, 0.1) is 5.00 Å². The number of carbonyl (C=O) groups excluding carboxylic acids is 1. The third kappa shape index (κ3) is 3.96. The summed E-state index contributed by atoms with van der Waals surface area (Å²) in [6, 6.07) is 10.9. The minimum Gasteiger partial charge on any atom is -0.375 e. The molecule has 4 nitrogen and oxygen atoms in total. The van der Waals surface area contributed by atoms with Crippen molar-refractivity contribution in [1.29, 1.82) is 0 Å². The fourth-order valence-corrected chi connectivity index (χ4v) is 2.62. The predicted molar refractivity (Wildman–Crippen MR) is 82.5 cm³/mol. The monoisotopic (exact) mass is 310 g/mol. The van der Waals surface area contributed by atoms with Gasteiger partial charge in [-0.1, -0.05) is 29.8 Å². The first-order valence-electron chi connectivity index (χ1n) is 6.06. The van der Waals surface area contributed by atoms with Crippen molar-refractivity contribution in [3.63, 3.8) is 0 Å². The molecule has 6 heteroatoms. The number of hydrogen-bond donors (Lipinski definition) is 2. The Labute approximate surface area is 126 Å². The van der Waals surface area contributed by atoms with E-state index in [4.69, 9.17) is 16.3 Å². The van der Waals surface area contributed by atoms with Crippen molar-refractivity contribution in [2.75, 3.05) is 19.0 Å². The highest BCUT2D eigenvalue weighted by atomic mass is 35.5. The number of halogens is 1. The van der Waals surface area contributed by atoms with Crippen molar-refractivity contribution >= 4 is 34.0 Å². The molecule has 1 heterocycles. The maximum absolute atomic E-state index is 11.7. The van der Waals surface area contributed by atoms with E-state index < -0.39 is 0 Å². The van der Waals surface area contributed by atoms with Gasteiger partial charge in [-0.05, 0) is 23.6 Å². The summed E-state index contributed by atoms with van der Waals surface area (Å²) < 4.78 is 5.38. The molecule has 0 bridgehead atoms. The molecule has 1 aromatic heterocycles. The number of carbonyl (C=O) groups is 1. The fourth-order valence-electron chi connectivity index (χ4n) is 1.75. The Hall–Kier alpha value is -1.56. The number of nitrogens with one attached hydrogen (secondary N) is 2. The summed E-state index contributed by atoms with van der Waals surface area (Å²) in [4.78, 5) is 11.7. The van der Waals surface area contributed by atoms with Crippen LogP contribution in [0.1, 0.15) is 11.7 Å². The molecule has 2 amide bonds. The topological polar surface area (TPSA) is 50.4 Å². The van der Waals surface area contributed by atoms with Crippen molar-refractivity contribution in [3.05, 3.63) is 52.4 Å². The van der Waals surface area contributed by atoms with Gasteiger partial charge in [0.1, 0.15) is 6.10 Å². The molecule has 0 unspecified atom stereocenters. The molecule has 20 heavy (non-hydrogen) atoms. The molecule has 0 aliphatic heterocycles. The van der Waals surface area contributed by atoms with Gasteiger partial charge in [-0.15, -0.1) is 11.3 Å². The highest BCUT2D eigenvalue weighted by Crippen LogP contribution is 2.24. The summed E-state index contributed by atoms with van der Waals surface area (Å²) in [5, 5.41) is 8.84. The smallest absolute Gasteiger partial charge is 0.319 e. The minimum atomic E-state index is -0.280. The van der Waals surface area contributed by atoms with Crippen LogP contribution in [0.15, 0.2) is 41.8 Å². The standard InChI is InChI=1S/C14H15ClN2O2S/c1-19-12(10-5-2-3-6-11(10)15)9-16-14(18)17-13-7-4-8-20-13/h2-8,12H,9H2,1H3,(H2,16,17,18)/t12-/m0/s1. The van der Waals surface area contributed by atoms with Gasteiger partial charge in [0.2, 0.25) is 0 Å². The lowest BCUT2D eigenvalue weighted by molar-refractivity contribution is 0.104. The summed E-state index contributed by atoms with van der Waals surface area (Å²) in [7, 11) is 1.59. The van der Waals surface area contributed by atoms with Crippen LogP contribution in [0.25, 0.3) is 0 Å². The van der Waals surface area contributed by atoms with Crippen LogP contribution < -0.4 is 10.6 Å².